The first-order valence-corrected chi connectivity index (χ1v) is 12.4. The van der Waals surface area contributed by atoms with Crippen LogP contribution in [0, 0.1) is 13.8 Å². The standard InChI is InChI=1S/C30H24F3N3OS/c1-19-4-3-5-20(2)27(19)15-25(38)17-34-16-21-6-12-26-22(14-21)7-13-29-28(26)18-35-36(29)23-8-10-24(11-9-23)37-30(31,32)33/h3-14,16,18H,15,17H2,1-2H3. The summed E-state index contributed by atoms with van der Waals surface area (Å²) in [6, 6.07) is 21.9. The Morgan fingerprint density at radius 1 is 0.974 bits per heavy atom. The van der Waals surface area contributed by atoms with Gasteiger partial charge in [0.1, 0.15) is 5.75 Å². The molecule has 0 radical (unpaired) electrons. The van der Waals surface area contributed by atoms with Crippen molar-refractivity contribution in [2.45, 2.75) is 26.6 Å². The monoisotopic (exact) mass is 531 g/mol. The fourth-order valence-corrected chi connectivity index (χ4v) is 4.79. The lowest BCUT2D eigenvalue weighted by molar-refractivity contribution is -0.274. The molecular weight excluding hydrogens is 507 g/mol. The molecular formula is C30H24F3N3OS. The van der Waals surface area contributed by atoms with E-state index in [1.54, 1.807) is 23.0 Å². The number of rotatable bonds is 7. The van der Waals surface area contributed by atoms with Gasteiger partial charge in [0.25, 0.3) is 0 Å². The minimum absolute atomic E-state index is 0.275. The third-order valence-electron chi connectivity index (χ3n) is 6.43. The molecule has 0 atom stereocenters. The van der Waals surface area contributed by atoms with Gasteiger partial charge in [0.05, 0.1) is 23.9 Å². The van der Waals surface area contributed by atoms with Gasteiger partial charge in [0, 0.05) is 22.9 Å². The highest BCUT2D eigenvalue weighted by molar-refractivity contribution is 7.80. The Bertz CT molecular complexity index is 1650. The molecule has 5 rings (SSSR count). The van der Waals surface area contributed by atoms with Crippen LogP contribution in [0.4, 0.5) is 13.2 Å². The first-order chi connectivity index (χ1) is 18.2. The van der Waals surface area contributed by atoms with Gasteiger partial charge in [-0.05, 0) is 83.3 Å². The summed E-state index contributed by atoms with van der Waals surface area (Å²) < 4.78 is 43.0. The zero-order chi connectivity index (χ0) is 26.9. The SMILES string of the molecule is Cc1cccc(C)c1CC(=S)CN=Cc1ccc2c(ccc3c2cnn3-c2ccc(OC(F)(F)F)cc2)c1. The number of aryl methyl sites for hydroxylation is 2. The third-order valence-corrected chi connectivity index (χ3v) is 6.71. The van der Waals surface area contributed by atoms with Crippen LogP contribution in [0.15, 0.2) is 84.0 Å². The van der Waals surface area contributed by atoms with Gasteiger partial charge in [0.15, 0.2) is 0 Å². The molecule has 0 spiro atoms. The summed E-state index contributed by atoms with van der Waals surface area (Å²) >= 11 is 5.59. The van der Waals surface area contributed by atoms with Crippen LogP contribution >= 0.6 is 12.2 Å². The van der Waals surface area contributed by atoms with Crippen molar-refractivity contribution in [2.75, 3.05) is 6.54 Å². The van der Waals surface area contributed by atoms with E-state index in [1.165, 1.54) is 28.8 Å². The number of halogens is 3. The van der Waals surface area contributed by atoms with E-state index in [4.69, 9.17) is 12.2 Å². The van der Waals surface area contributed by atoms with Crippen LogP contribution in [0.1, 0.15) is 22.3 Å². The molecule has 0 saturated carbocycles. The molecule has 0 aliphatic rings. The number of hydrogen-bond acceptors (Lipinski definition) is 4. The Morgan fingerprint density at radius 3 is 2.42 bits per heavy atom. The van der Waals surface area contributed by atoms with Crippen molar-refractivity contribution in [3.63, 3.8) is 0 Å². The summed E-state index contributed by atoms with van der Waals surface area (Å²) in [5, 5.41) is 7.47. The Morgan fingerprint density at radius 2 is 1.71 bits per heavy atom. The van der Waals surface area contributed by atoms with Crippen LogP contribution in [0.25, 0.3) is 27.4 Å². The molecule has 1 aromatic heterocycles. The first kappa shape index (κ1) is 25.6. The van der Waals surface area contributed by atoms with Crippen LogP contribution < -0.4 is 4.74 Å². The van der Waals surface area contributed by atoms with Crippen LogP contribution in [0.3, 0.4) is 0 Å². The zero-order valence-electron chi connectivity index (χ0n) is 20.8. The predicted molar refractivity (Wildman–Crippen MR) is 150 cm³/mol. The number of benzene rings is 4. The maximum atomic E-state index is 12.5. The molecule has 0 saturated heterocycles. The molecule has 4 aromatic carbocycles. The van der Waals surface area contributed by atoms with Crippen LogP contribution in [0.2, 0.25) is 0 Å². The molecule has 0 fully saturated rings. The minimum atomic E-state index is -4.73. The van der Waals surface area contributed by atoms with Crippen molar-refractivity contribution >= 4 is 45.0 Å². The Balaban J connectivity index is 1.32. The number of thiocarbonyl (C=S) groups is 1. The van der Waals surface area contributed by atoms with Crippen molar-refractivity contribution in [2.24, 2.45) is 4.99 Å². The quantitative estimate of drug-likeness (QED) is 0.159. The molecule has 8 heteroatoms. The molecule has 0 aliphatic heterocycles. The Hall–Kier alpha value is -4.04. The molecule has 0 amide bonds. The van der Waals surface area contributed by atoms with Gasteiger partial charge in [0.2, 0.25) is 0 Å². The summed E-state index contributed by atoms with van der Waals surface area (Å²) in [7, 11) is 0. The summed E-state index contributed by atoms with van der Waals surface area (Å²) in [5.41, 5.74) is 6.21. The summed E-state index contributed by atoms with van der Waals surface area (Å²) in [6.07, 6.45) is -0.385. The number of aliphatic imine (C=N–C) groups is 1. The molecule has 1 heterocycles. The molecule has 0 bridgehead atoms. The first-order valence-electron chi connectivity index (χ1n) is 12.0. The van der Waals surface area contributed by atoms with Crippen LogP contribution in [0.5, 0.6) is 5.75 Å². The van der Waals surface area contributed by atoms with E-state index < -0.39 is 6.36 Å². The van der Waals surface area contributed by atoms with Gasteiger partial charge in [-0.25, -0.2) is 4.68 Å². The van der Waals surface area contributed by atoms with Gasteiger partial charge in [-0.1, -0.05) is 48.6 Å². The van der Waals surface area contributed by atoms with Crippen molar-refractivity contribution in [3.8, 4) is 11.4 Å². The smallest absolute Gasteiger partial charge is 0.406 e. The van der Waals surface area contributed by atoms with E-state index >= 15 is 0 Å². The summed E-state index contributed by atoms with van der Waals surface area (Å²) in [4.78, 5) is 5.47. The number of fused-ring (bicyclic) bond motifs is 3. The van der Waals surface area contributed by atoms with Gasteiger partial charge in [-0.2, -0.15) is 5.10 Å². The molecule has 38 heavy (non-hydrogen) atoms. The van der Waals surface area contributed by atoms with Crippen molar-refractivity contribution in [1.82, 2.24) is 9.78 Å². The maximum absolute atomic E-state index is 12.5. The third kappa shape index (κ3) is 5.60. The van der Waals surface area contributed by atoms with Crippen molar-refractivity contribution in [1.29, 1.82) is 0 Å². The Kier molecular flexibility index (Phi) is 6.99. The molecule has 192 valence electrons. The van der Waals surface area contributed by atoms with Gasteiger partial charge >= 0.3 is 6.36 Å². The summed E-state index contributed by atoms with van der Waals surface area (Å²) in [5.74, 6) is -0.275. The van der Waals surface area contributed by atoms with E-state index in [0.29, 0.717) is 12.2 Å². The number of aromatic nitrogens is 2. The second-order valence-corrected chi connectivity index (χ2v) is 9.71. The van der Waals surface area contributed by atoms with E-state index in [9.17, 15) is 13.2 Å². The number of ether oxygens (including phenoxy) is 1. The highest BCUT2D eigenvalue weighted by atomic mass is 32.1. The highest BCUT2D eigenvalue weighted by Crippen LogP contribution is 2.29. The average molecular weight is 532 g/mol. The van der Waals surface area contributed by atoms with Crippen molar-refractivity contribution < 1.29 is 17.9 Å². The minimum Gasteiger partial charge on any atom is -0.406 e. The second kappa shape index (κ2) is 10.4. The van der Waals surface area contributed by atoms with Gasteiger partial charge < -0.3 is 4.74 Å². The topological polar surface area (TPSA) is 39.4 Å². The van der Waals surface area contributed by atoms with E-state index in [1.807, 2.05) is 30.5 Å². The lowest BCUT2D eigenvalue weighted by atomic mass is 9.99. The fourth-order valence-electron chi connectivity index (χ4n) is 4.57. The van der Waals surface area contributed by atoms with E-state index in [-0.39, 0.29) is 5.75 Å². The number of alkyl halides is 3. The zero-order valence-corrected chi connectivity index (χ0v) is 21.6. The normalized spacial score (nSPS) is 12.0. The fraction of sp³-hybridized carbons (Fsp3) is 0.167. The number of nitrogens with zero attached hydrogens (tertiary/aromatic N) is 3. The second-order valence-electron chi connectivity index (χ2n) is 9.13. The van der Waals surface area contributed by atoms with Crippen molar-refractivity contribution in [3.05, 3.63) is 101 Å². The summed E-state index contributed by atoms with van der Waals surface area (Å²) in [6.45, 7) is 4.69. The Labute approximate surface area is 223 Å². The highest BCUT2D eigenvalue weighted by Gasteiger charge is 2.31. The molecule has 0 N–H and O–H groups in total. The lowest BCUT2D eigenvalue weighted by Crippen LogP contribution is -2.17. The molecule has 5 aromatic rings. The molecule has 4 nitrogen and oxygen atoms in total. The lowest BCUT2D eigenvalue weighted by Gasteiger charge is -2.10. The largest absolute Gasteiger partial charge is 0.573 e. The van der Waals surface area contributed by atoms with Crippen LogP contribution in [-0.4, -0.2) is 33.8 Å². The van der Waals surface area contributed by atoms with E-state index in [2.05, 4.69) is 52.9 Å². The van der Waals surface area contributed by atoms with Gasteiger partial charge in [-0.15, -0.1) is 13.2 Å². The average Bonchev–Trinajstić information content (AvgIpc) is 3.30. The predicted octanol–water partition coefficient (Wildman–Crippen LogP) is 7.73. The maximum Gasteiger partial charge on any atom is 0.573 e. The van der Waals surface area contributed by atoms with Crippen LogP contribution in [-0.2, 0) is 6.42 Å². The van der Waals surface area contributed by atoms with Gasteiger partial charge in [-0.3, -0.25) is 4.99 Å². The molecule has 0 unspecified atom stereocenters. The number of hydrogen-bond donors (Lipinski definition) is 0. The van der Waals surface area contributed by atoms with E-state index in [0.717, 1.165) is 38.5 Å². The molecule has 0 aliphatic carbocycles.